The largest absolute Gasteiger partial charge is 0.510 e. The van der Waals surface area contributed by atoms with E-state index >= 15 is 0 Å². The predicted octanol–water partition coefficient (Wildman–Crippen LogP) is 2.22. The van der Waals surface area contributed by atoms with E-state index in [0.29, 0.717) is 11.3 Å². The average Bonchev–Trinajstić information content (AvgIpc) is 2.39. The van der Waals surface area contributed by atoms with Crippen LogP contribution in [0.2, 0.25) is 0 Å². The summed E-state index contributed by atoms with van der Waals surface area (Å²) in [4.78, 5) is 22.4. The summed E-state index contributed by atoms with van der Waals surface area (Å²) in [5, 5.41) is 16.8. The summed E-state index contributed by atoms with van der Waals surface area (Å²) < 4.78 is 4.73. The van der Waals surface area contributed by atoms with E-state index in [1.54, 1.807) is 6.92 Å². The second-order valence-electron chi connectivity index (χ2n) is 3.77. The SMILES string of the molecule is CCOC(=O)/C(N=Nc1ccc(C(N)=O)cc1)=C(/C)O. The van der Waals surface area contributed by atoms with Crippen molar-refractivity contribution in [1.29, 1.82) is 0 Å². The maximum absolute atomic E-state index is 11.5. The van der Waals surface area contributed by atoms with Gasteiger partial charge in [-0.25, -0.2) is 4.79 Å². The van der Waals surface area contributed by atoms with Crippen molar-refractivity contribution in [2.45, 2.75) is 13.8 Å². The second-order valence-corrected chi connectivity index (χ2v) is 3.77. The number of esters is 1. The number of allylic oxidation sites excluding steroid dienone is 1. The molecule has 106 valence electrons. The lowest BCUT2D eigenvalue weighted by atomic mass is 10.2. The van der Waals surface area contributed by atoms with Crippen molar-refractivity contribution in [3.05, 3.63) is 41.3 Å². The quantitative estimate of drug-likeness (QED) is 0.371. The van der Waals surface area contributed by atoms with Crippen LogP contribution in [-0.4, -0.2) is 23.6 Å². The molecule has 0 aromatic heterocycles. The van der Waals surface area contributed by atoms with Crippen LogP contribution in [0.1, 0.15) is 24.2 Å². The van der Waals surface area contributed by atoms with Gasteiger partial charge in [0.05, 0.1) is 12.3 Å². The zero-order valence-electron chi connectivity index (χ0n) is 11.2. The lowest BCUT2D eigenvalue weighted by Gasteiger charge is -2.02. The predicted molar refractivity (Wildman–Crippen MR) is 71.4 cm³/mol. The van der Waals surface area contributed by atoms with E-state index in [1.807, 2.05) is 0 Å². The number of aliphatic hydroxyl groups is 1. The number of azo groups is 1. The molecule has 0 aliphatic rings. The fourth-order valence-electron chi connectivity index (χ4n) is 1.26. The van der Waals surface area contributed by atoms with Gasteiger partial charge in [0.1, 0.15) is 5.76 Å². The number of nitrogens with zero attached hydrogens (tertiary/aromatic N) is 2. The van der Waals surface area contributed by atoms with Crippen molar-refractivity contribution >= 4 is 17.6 Å². The van der Waals surface area contributed by atoms with Gasteiger partial charge in [-0.1, -0.05) is 0 Å². The highest BCUT2D eigenvalue weighted by atomic mass is 16.5. The Hall–Kier alpha value is -2.70. The molecule has 1 rings (SSSR count). The normalized spacial score (nSPS) is 12.1. The zero-order valence-corrected chi connectivity index (χ0v) is 11.2. The molecule has 0 bridgehead atoms. The molecule has 0 saturated carbocycles. The third-order valence-electron chi connectivity index (χ3n) is 2.23. The van der Waals surface area contributed by atoms with E-state index in [1.165, 1.54) is 31.2 Å². The fraction of sp³-hybridized carbons (Fsp3) is 0.231. The summed E-state index contributed by atoms with van der Waals surface area (Å²) in [6.45, 7) is 3.11. The van der Waals surface area contributed by atoms with Crippen LogP contribution in [0.4, 0.5) is 5.69 Å². The molecule has 0 unspecified atom stereocenters. The van der Waals surface area contributed by atoms with E-state index < -0.39 is 11.9 Å². The highest BCUT2D eigenvalue weighted by molar-refractivity contribution is 5.93. The Morgan fingerprint density at radius 1 is 1.30 bits per heavy atom. The molecule has 0 atom stereocenters. The topological polar surface area (TPSA) is 114 Å². The maximum atomic E-state index is 11.5. The van der Waals surface area contributed by atoms with Gasteiger partial charge in [-0.3, -0.25) is 4.79 Å². The van der Waals surface area contributed by atoms with Gasteiger partial charge in [0.25, 0.3) is 0 Å². The van der Waals surface area contributed by atoms with Gasteiger partial charge in [-0.15, -0.1) is 5.11 Å². The van der Waals surface area contributed by atoms with E-state index in [9.17, 15) is 14.7 Å². The fourth-order valence-corrected chi connectivity index (χ4v) is 1.26. The Balaban J connectivity index is 2.92. The molecule has 1 amide bonds. The summed E-state index contributed by atoms with van der Waals surface area (Å²) in [5.41, 5.74) is 5.57. The van der Waals surface area contributed by atoms with Crippen molar-refractivity contribution in [3.63, 3.8) is 0 Å². The first kappa shape index (κ1) is 15.4. The summed E-state index contributed by atoms with van der Waals surface area (Å²) >= 11 is 0. The van der Waals surface area contributed by atoms with Gasteiger partial charge < -0.3 is 15.6 Å². The Kier molecular flexibility index (Phi) is 5.40. The van der Waals surface area contributed by atoms with Gasteiger partial charge in [0.15, 0.2) is 0 Å². The Labute approximate surface area is 115 Å². The summed E-state index contributed by atoms with van der Waals surface area (Å²) in [5.74, 6) is -1.60. The van der Waals surface area contributed by atoms with Crippen LogP contribution < -0.4 is 5.73 Å². The highest BCUT2D eigenvalue weighted by Crippen LogP contribution is 2.16. The van der Waals surface area contributed by atoms with Crippen molar-refractivity contribution < 1.29 is 19.4 Å². The number of benzene rings is 1. The Morgan fingerprint density at radius 3 is 2.35 bits per heavy atom. The molecule has 0 saturated heterocycles. The van der Waals surface area contributed by atoms with Gasteiger partial charge >= 0.3 is 5.97 Å². The lowest BCUT2D eigenvalue weighted by molar-refractivity contribution is -0.138. The van der Waals surface area contributed by atoms with Crippen molar-refractivity contribution in [1.82, 2.24) is 0 Å². The Bertz CT molecular complexity index is 557. The van der Waals surface area contributed by atoms with Crippen LogP contribution in [0.25, 0.3) is 0 Å². The second kappa shape index (κ2) is 7.03. The van der Waals surface area contributed by atoms with Crippen LogP contribution in [0.5, 0.6) is 0 Å². The molecule has 0 aliphatic heterocycles. The minimum atomic E-state index is -0.759. The number of ether oxygens (including phenoxy) is 1. The molecular weight excluding hydrogens is 262 g/mol. The number of amides is 1. The molecule has 0 fully saturated rings. The third kappa shape index (κ3) is 4.20. The Morgan fingerprint density at radius 2 is 1.90 bits per heavy atom. The molecule has 20 heavy (non-hydrogen) atoms. The van der Waals surface area contributed by atoms with E-state index in [0.717, 1.165) is 0 Å². The minimum absolute atomic E-state index is 0.165. The summed E-state index contributed by atoms with van der Waals surface area (Å²) in [7, 11) is 0. The molecule has 0 aliphatic carbocycles. The zero-order chi connectivity index (χ0) is 15.1. The van der Waals surface area contributed by atoms with E-state index in [-0.39, 0.29) is 18.1 Å². The monoisotopic (exact) mass is 277 g/mol. The van der Waals surface area contributed by atoms with Crippen molar-refractivity contribution in [2.75, 3.05) is 6.61 Å². The molecule has 0 spiro atoms. The smallest absolute Gasteiger partial charge is 0.362 e. The van der Waals surface area contributed by atoms with Crippen LogP contribution in [0.15, 0.2) is 46.0 Å². The molecular formula is C13H15N3O4. The van der Waals surface area contributed by atoms with Gasteiger partial charge in [-0.05, 0) is 38.1 Å². The van der Waals surface area contributed by atoms with Crippen molar-refractivity contribution in [3.8, 4) is 0 Å². The van der Waals surface area contributed by atoms with E-state index in [4.69, 9.17) is 10.5 Å². The van der Waals surface area contributed by atoms with Crippen LogP contribution in [-0.2, 0) is 9.53 Å². The molecule has 1 aromatic carbocycles. The number of rotatable bonds is 5. The van der Waals surface area contributed by atoms with E-state index in [2.05, 4.69) is 10.2 Å². The molecule has 7 nitrogen and oxygen atoms in total. The van der Waals surface area contributed by atoms with Gasteiger partial charge in [-0.2, -0.15) is 5.11 Å². The van der Waals surface area contributed by atoms with Crippen LogP contribution in [0.3, 0.4) is 0 Å². The number of aliphatic hydroxyl groups excluding tert-OH is 1. The standard InChI is InChI=1S/C13H15N3O4/c1-3-20-13(19)11(8(2)17)16-15-10-6-4-9(5-7-10)12(14)18/h4-7,17H,3H2,1-2H3,(H2,14,18)/b11-8+,16-15?. The summed E-state index contributed by atoms with van der Waals surface area (Å²) in [6.07, 6.45) is 0. The highest BCUT2D eigenvalue weighted by Gasteiger charge is 2.13. The average molecular weight is 277 g/mol. The number of hydrogen-bond donors (Lipinski definition) is 2. The minimum Gasteiger partial charge on any atom is -0.510 e. The molecule has 7 heteroatoms. The molecule has 1 aromatic rings. The summed E-state index contributed by atoms with van der Waals surface area (Å²) in [6, 6.07) is 5.99. The van der Waals surface area contributed by atoms with Crippen LogP contribution in [0, 0.1) is 0 Å². The molecule has 0 heterocycles. The number of primary amides is 1. The number of nitrogens with two attached hydrogens (primary N) is 1. The van der Waals surface area contributed by atoms with Crippen LogP contribution >= 0.6 is 0 Å². The first-order chi connectivity index (χ1) is 9.45. The van der Waals surface area contributed by atoms with Crippen molar-refractivity contribution in [2.24, 2.45) is 16.0 Å². The third-order valence-corrected chi connectivity index (χ3v) is 2.23. The number of hydrogen-bond acceptors (Lipinski definition) is 6. The lowest BCUT2D eigenvalue weighted by Crippen LogP contribution is -2.10. The first-order valence-electron chi connectivity index (χ1n) is 5.84. The van der Waals surface area contributed by atoms with Gasteiger partial charge in [0, 0.05) is 5.56 Å². The number of carbonyl (C=O) groups excluding carboxylic acids is 2. The molecule has 0 radical (unpaired) electrons. The molecule has 3 N–H and O–H groups in total. The maximum Gasteiger partial charge on any atom is 0.362 e. The first-order valence-corrected chi connectivity index (χ1v) is 5.84. The van der Waals surface area contributed by atoms with Gasteiger partial charge in [0.2, 0.25) is 11.6 Å². The number of carbonyl (C=O) groups is 2.